The van der Waals surface area contributed by atoms with E-state index in [4.69, 9.17) is 5.26 Å². The molecule has 78 valence electrons. The van der Waals surface area contributed by atoms with Gasteiger partial charge in [0.1, 0.15) is 11.6 Å². The van der Waals surface area contributed by atoms with E-state index in [-0.39, 0.29) is 5.56 Å². The quantitative estimate of drug-likeness (QED) is 0.779. The second-order valence-electron chi connectivity index (χ2n) is 3.44. The van der Waals surface area contributed by atoms with Crippen LogP contribution < -0.4 is 5.56 Å². The summed E-state index contributed by atoms with van der Waals surface area (Å²) in [6, 6.07) is 9.41. The molecule has 16 heavy (non-hydrogen) atoms. The van der Waals surface area contributed by atoms with E-state index < -0.39 is 5.56 Å². The first-order valence-electron chi connectivity index (χ1n) is 4.77. The molecule has 4 heteroatoms. The third-order valence-electron chi connectivity index (χ3n) is 2.26. The van der Waals surface area contributed by atoms with Gasteiger partial charge < -0.3 is 4.98 Å². The molecule has 1 heterocycles. The van der Waals surface area contributed by atoms with Crippen LogP contribution in [0.1, 0.15) is 11.1 Å². The highest BCUT2D eigenvalue weighted by molar-refractivity contribution is 5.66. The van der Waals surface area contributed by atoms with Gasteiger partial charge in [-0.3, -0.25) is 4.79 Å². The first-order valence-corrected chi connectivity index (χ1v) is 4.77. The van der Waals surface area contributed by atoms with Gasteiger partial charge in [0.05, 0.1) is 12.0 Å². The molecule has 0 radical (unpaired) electrons. The highest BCUT2D eigenvalue weighted by atomic mass is 16.1. The van der Waals surface area contributed by atoms with Gasteiger partial charge in [0.25, 0.3) is 5.56 Å². The van der Waals surface area contributed by atoms with Gasteiger partial charge >= 0.3 is 0 Å². The molecule has 0 saturated heterocycles. The maximum Gasteiger partial charge on any atom is 0.269 e. The number of aromatic nitrogens is 2. The lowest BCUT2D eigenvalue weighted by Crippen LogP contribution is -2.12. The second kappa shape index (κ2) is 3.99. The molecule has 1 aromatic carbocycles. The number of aromatic amines is 1. The first kappa shape index (κ1) is 10.1. The summed E-state index contributed by atoms with van der Waals surface area (Å²) in [5.41, 5.74) is 1.91. The number of nitrogens with zero attached hydrogens (tertiary/aromatic N) is 2. The normalized spacial score (nSPS) is 9.75. The molecule has 0 unspecified atom stereocenters. The van der Waals surface area contributed by atoms with E-state index in [0.29, 0.717) is 5.69 Å². The molecule has 0 amide bonds. The Morgan fingerprint density at radius 1 is 1.44 bits per heavy atom. The third kappa shape index (κ3) is 1.71. The largest absolute Gasteiger partial charge is 0.312 e. The third-order valence-corrected chi connectivity index (χ3v) is 2.26. The number of benzene rings is 1. The number of rotatable bonds is 1. The second-order valence-corrected chi connectivity index (χ2v) is 3.44. The number of aryl methyl sites for hydroxylation is 1. The summed E-state index contributed by atoms with van der Waals surface area (Å²) in [4.78, 5) is 17.8. The van der Waals surface area contributed by atoms with E-state index in [2.05, 4.69) is 9.97 Å². The lowest BCUT2D eigenvalue weighted by atomic mass is 10.1. The molecule has 0 bridgehead atoms. The van der Waals surface area contributed by atoms with Crippen LogP contribution in [0.2, 0.25) is 0 Å². The Kier molecular flexibility index (Phi) is 2.52. The number of hydrogen-bond acceptors (Lipinski definition) is 3. The zero-order chi connectivity index (χ0) is 11.5. The summed E-state index contributed by atoms with van der Waals surface area (Å²) < 4.78 is 0. The van der Waals surface area contributed by atoms with Crippen LogP contribution in [-0.2, 0) is 0 Å². The molecule has 0 saturated carbocycles. The standard InChI is InChI=1S/C12H9N3O/c1-8-3-2-4-9(5-8)11-10(6-13)12(16)15-7-14-11/h2-5,7H,1H3,(H,14,15,16). The average molecular weight is 211 g/mol. The van der Waals surface area contributed by atoms with Gasteiger partial charge in [0.15, 0.2) is 0 Å². The number of nitriles is 1. The van der Waals surface area contributed by atoms with Gasteiger partial charge in [-0.05, 0) is 13.0 Å². The van der Waals surface area contributed by atoms with Crippen molar-refractivity contribution in [2.75, 3.05) is 0 Å². The minimum absolute atomic E-state index is 0.0492. The number of hydrogen-bond donors (Lipinski definition) is 1. The van der Waals surface area contributed by atoms with Crippen molar-refractivity contribution in [2.45, 2.75) is 6.92 Å². The van der Waals surface area contributed by atoms with Crippen molar-refractivity contribution in [1.29, 1.82) is 5.26 Å². The highest BCUT2D eigenvalue weighted by Gasteiger charge is 2.09. The summed E-state index contributed by atoms with van der Waals surface area (Å²) in [6.07, 6.45) is 1.31. The Hall–Kier alpha value is -2.41. The molecule has 0 fully saturated rings. The lowest BCUT2D eigenvalue weighted by Gasteiger charge is -2.02. The Balaban J connectivity index is 2.71. The molecule has 0 aliphatic carbocycles. The minimum atomic E-state index is -0.408. The van der Waals surface area contributed by atoms with Crippen molar-refractivity contribution in [3.05, 3.63) is 52.1 Å². The molecule has 0 aliphatic heterocycles. The van der Waals surface area contributed by atoms with Crippen LogP contribution in [0.5, 0.6) is 0 Å². The Morgan fingerprint density at radius 2 is 2.25 bits per heavy atom. The molecular weight excluding hydrogens is 202 g/mol. The molecule has 2 rings (SSSR count). The molecule has 1 N–H and O–H groups in total. The maximum atomic E-state index is 11.4. The van der Waals surface area contributed by atoms with Crippen LogP contribution >= 0.6 is 0 Å². The zero-order valence-corrected chi connectivity index (χ0v) is 8.69. The fourth-order valence-corrected chi connectivity index (χ4v) is 1.51. The van der Waals surface area contributed by atoms with Gasteiger partial charge in [-0.15, -0.1) is 0 Å². The van der Waals surface area contributed by atoms with Crippen molar-refractivity contribution in [2.24, 2.45) is 0 Å². The minimum Gasteiger partial charge on any atom is -0.312 e. The summed E-state index contributed by atoms with van der Waals surface area (Å²) in [7, 11) is 0. The van der Waals surface area contributed by atoms with Crippen molar-refractivity contribution in [3.8, 4) is 17.3 Å². The van der Waals surface area contributed by atoms with Crippen molar-refractivity contribution >= 4 is 0 Å². The lowest BCUT2D eigenvalue weighted by molar-refractivity contribution is 1.10. The summed E-state index contributed by atoms with van der Waals surface area (Å²) in [5, 5.41) is 8.92. The van der Waals surface area contributed by atoms with Crippen molar-refractivity contribution in [3.63, 3.8) is 0 Å². The van der Waals surface area contributed by atoms with Crippen LogP contribution in [0.4, 0.5) is 0 Å². The SMILES string of the molecule is Cc1cccc(-c2nc[nH]c(=O)c2C#N)c1. The van der Waals surface area contributed by atoms with Gasteiger partial charge in [0.2, 0.25) is 0 Å². The van der Waals surface area contributed by atoms with E-state index in [1.165, 1.54) is 6.33 Å². The Bertz CT molecular complexity index is 623. The van der Waals surface area contributed by atoms with E-state index in [9.17, 15) is 4.79 Å². The van der Waals surface area contributed by atoms with Crippen LogP contribution in [-0.4, -0.2) is 9.97 Å². The van der Waals surface area contributed by atoms with Gasteiger partial charge in [0, 0.05) is 5.56 Å². The topological polar surface area (TPSA) is 69.5 Å². The highest BCUT2D eigenvalue weighted by Crippen LogP contribution is 2.18. The van der Waals surface area contributed by atoms with Crippen molar-refractivity contribution < 1.29 is 0 Å². The van der Waals surface area contributed by atoms with Crippen LogP contribution in [0.25, 0.3) is 11.3 Å². The fourth-order valence-electron chi connectivity index (χ4n) is 1.51. The molecular formula is C12H9N3O. The molecule has 1 aromatic heterocycles. The van der Waals surface area contributed by atoms with Gasteiger partial charge in [-0.1, -0.05) is 23.8 Å². The van der Waals surface area contributed by atoms with Crippen LogP contribution in [0.15, 0.2) is 35.4 Å². The number of nitrogens with one attached hydrogen (secondary N) is 1. The molecule has 0 atom stereocenters. The Labute approximate surface area is 92.2 Å². The monoisotopic (exact) mass is 211 g/mol. The first-order chi connectivity index (χ1) is 7.72. The van der Waals surface area contributed by atoms with Crippen LogP contribution in [0.3, 0.4) is 0 Å². The zero-order valence-electron chi connectivity index (χ0n) is 8.69. The van der Waals surface area contributed by atoms with E-state index in [0.717, 1.165) is 11.1 Å². The smallest absolute Gasteiger partial charge is 0.269 e. The average Bonchev–Trinajstić information content (AvgIpc) is 2.28. The van der Waals surface area contributed by atoms with Gasteiger partial charge in [-0.2, -0.15) is 5.26 Å². The molecule has 0 spiro atoms. The van der Waals surface area contributed by atoms with Crippen molar-refractivity contribution in [1.82, 2.24) is 9.97 Å². The summed E-state index contributed by atoms with van der Waals surface area (Å²) in [6.45, 7) is 1.95. The summed E-state index contributed by atoms with van der Waals surface area (Å²) >= 11 is 0. The Morgan fingerprint density at radius 3 is 2.94 bits per heavy atom. The van der Waals surface area contributed by atoms with E-state index in [1.54, 1.807) is 0 Å². The number of H-pyrrole nitrogens is 1. The fraction of sp³-hybridized carbons (Fsp3) is 0.0833. The van der Waals surface area contributed by atoms with E-state index in [1.807, 2.05) is 37.3 Å². The molecule has 4 nitrogen and oxygen atoms in total. The molecule has 0 aliphatic rings. The summed E-state index contributed by atoms with van der Waals surface area (Å²) in [5.74, 6) is 0. The maximum absolute atomic E-state index is 11.4. The molecule has 2 aromatic rings. The van der Waals surface area contributed by atoms with Crippen LogP contribution in [0, 0.1) is 18.3 Å². The van der Waals surface area contributed by atoms with Gasteiger partial charge in [-0.25, -0.2) is 4.98 Å². The van der Waals surface area contributed by atoms with E-state index >= 15 is 0 Å². The predicted molar refractivity (Wildman–Crippen MR) is 59.7 cm³/mol. The predicted octanol–water partition coefficient (Wildman–Crippen LogP) is 1.62.